The lowest BCUT2D eigenvalue weighted by atomic mass is 10.3. The predicted molar refractivity (Wildman–Crippen MR) is 63.1 cm³/mol. The fourth-order valence-electron chi connectivity index (χ4n) is 1.36. The SMILES string of the molecule is c1csc(-c2ccc(-c3ccno3)s2)c1. The Labute approximate surface area is 94.8 Å². The van der Waals surface area contributed by atoms with Crippen LogP contribution in [0.4, 0.5) is 0 Å². The van der Waals surface area contributed by atoms with Gasteiger partial charge in [-0.05, 0) is 23.6 Å². The van der Waals surface area contributed by atoms with Gasteiger partial charge in [0.05, 0.1) is 11.1 Å². The molecule has 2 nitrogen and oxygen atoms in total. The Morgan fingerprint density at radius 1 is 1.00 bits per heavy atom. The van der Waals surface area contributed by atoms with E-state index >= 15 is 0 Å². The summed E-state index contributed by atoms with van der Waals surface area (Å²) in [4.78, 5) is 3.69. The van der Waals surface area contributed by atoms with Crippen LogP contribution in [0.25, 0.3) is 20.4 Å². The quantitative estimate of drug-likeness (QED) is 0.665. The van der Waals surface area contributed by atoms with Crippen molar-refractivity contribution in [3.05, 3.63) is 41.9 Å². The van der Waals surface area contributed by atoms with Crippen molar-refractivity contribution in [2.24, 2.45) is 0 Å². The maximum absolute atomic E-state index is 5.11. The molecule has 3 aromatic heterocycles. The lowest BCUT2D eigenvalue weighted by Crippen LogP contribution is -1.60. The van der Waals surface area contributed by atoms with Gasteiger partial charge in [-0.15, -0.1) is 22.7 Å². The van der Waals surface area contributed by atoms with Crippen molar-refractivity contribution in [2.45, 2.75) is 0 Å². The summed E-state index contributed by atoms with van der Waals surface area (Å²) in [6, 6.07) is 10.3. The van der Waals surface area contributed by atoms with Crippen molar-refractivity contribution < 1.29 is 4.52 Å². The van der Waals surface area contributed by atoms with Gasteiger partial charge in [0.2, 0.25) is 0 Å². The van der Waals surface area contributed by atoms with Crippen LogP contribution in [-0.4, -0.2) is 5.16 Å². The molecule has 3 rings (SSSR count). The van der Waals surface area contributed by atoms with E-state index in [1.807, 2.05) is 6.07 Å². The fraction of sp³-hybridized carbons (Fsp3) is 0. The zero-order chi connectivity index (χ0) is 10.1. The van der Waals surface area contributed by atoms with Crippen LogP contribution in [0.2, 0.25) is 0 Å². The van der Waals surface area contributed by atoms with Crippen molar-refractivity contribution in [1.29, 1.82) is 0 Å². The summed E-state index contributed by atoms with van der Waals surface area (Å²) in [5, 5.41) is 5.79. The van der Waals surface area contributed by atoms with Crippen LogP contribution in [-0.2, 0) is 0 Å². The van der Waals surface area contributed by atoms with Gasteiger partial charge in [-0.2, -0.15) is 0 Å². The van der Waals surface area contributed by atoms with Crippen molar-refractivity contribution in [3.63, 3.8) is 0 Å². The summed E-state index contributed by atoms with van der Waals surface area (Å²) in [5.41, 5.74) is 0. The minimum absolute atomic E-state index is 0.836. The van der Waals surface area contributed by atoms with Crippen LogP contribution in [0.5, 0.6) is 0 Å². The Balaban J connectivity index is 2.02. The number of thiophene rings is 2. The minimum atomic E-state index is 0.836. The molecule has 0 saturated carbocycles. The van der Waals surface area contributed by atoms with Crippen LogP contribution in [0, 0.1) is 0 Å². The summed E-state index contributed by atoms with van der Waals surface area (Å²) < 4.78 is 5.11. The third kappa shape index (κ3) is 1.62. The first-order valence-corrected chi connectivity index (χ1v) is 6.18. The number of rotatable bonds is 2. The van der Waals surface area contributed by atoms with E-state index < -0.39 is 0 Å². The molecule has 0 bridgehead atoms. The maximum atomic E-state index is 5.11. The Morgan fingerprint density at radius 2 is 1.93 bits per heavy atom. The molecule has 0 fully saturated rings. The van der Waals surface area contributed by atoms with Crippen molar-refractivity contribution in [3.8, 4) is 20.4 Å². The monoisotopic (exact) mass is 233 g/mol. The standard InChI is InChI=1S/C11H7NOS2/c1-2-10(14-7-1)11-4-3-9(15-11)8-5-6-12-13-8/h1-7H. The van der Waals surface area contributed by atoms with Crippen molar-refractivity contribution >= 4 is 22.7 Å². The highest BCUT2D eigenvalue weighted by Gasteiger charge is 2.07. The first-order chi connectivity index (χ1) is 7.43. The van der Waals surface area contributed by atoms with E-state index in [9.17, 15) is 0 Å². The molecule has 0 atom stereocenters. The molecule has 0 aliphatic rings. The van der Waals surface area contributed by atoms with E-state index in [1.54, 1.807) is 28.9 Å². The highest BCUT2D eigenvalue weighted by molar-refractivity contribution is 7.23. The molecule has 0 aromatic carbocycles. The van der Waals surface area contributed by atoms with Gasteiger partial charge in [-0.3, -0.25) is 0 Å². The molecule has 15 heavy (non-hydrogen) atoms. The van der Waals surface area contributed by atoms with E-state index in [1.165, 1.54) is 9.75 Å². The zero-order valence-corrected chi connectivity index (χ0v) is 9.35. The van der Waals surface area contributed by atoms with Crippen LogP contribution >= 0.6 is 22.7 Å². The van der Waals surface area contributed by atoms with Gasteiger partial charge in [0.25, 0.3) is 0 Å². The summed E-state index contributed by atoms with van der Waals surface area (Å²) in [6.45, 7) is 0. The van der Waals surface area contributed by atoms with E-state index in [4.69, 9.17) is 4.52 Å². The summed E-state index contributed by atoms with van der Waals surface area (Å²) >= 11 is 3.48. The highest BCUT2D eigenvalue weighted by atomic mass is 32.1. The molecular weight excluding hydrogens is 226 g/mol. The van der Waals surface area contributed by atoms with Crippen LogP contribution in [0.3, 0.4) is 0 Å². The second-order valence-corrected chi connectivity index (χ2v) is 5.05. The molecule has 0 saturated heterocycles. The zero-order valence-electron chi connectivity index (χ0n) is 7.71. The minimum Gasteiger partial charge on any atom is -0.355 e. The van der Waals surface area contributed by atoms with Gasteiger partial charge < -0.3 is 4.52 Å². The van der Waals surface area contributed by atoms with Gasteiger partial charge in [0.15, 0.2) is 5.76 Å². The van der Waals surface area contributed by atoms with Crippen molar-refractivity contribution in [2.75, 3.05) is 0 Å². The van der Waals surface area contributed by atoms with Crippen LogP contribution in [0.15, 0.2) is 46.4 Å². The van der Waals surface area contributed by atoms with E-state index in [-0.39, 0.29) is 0 Å². The van der Waals surface area contributed by atoms with Gasteiger partial charge in [-0.25, -0.2) is 0 Å². The average Bonchev–Trinajstić information content (AvgIpc) is 3.02. The van der Waals surface area contributed by atoms with Gasteiger partial charge in [-0.1, -0.05) is 11.2 Å². The normalized spacial score (nSPS) is 10.7. The summed E-state index contributed by atoms with van der Waals surface area (Å²) in [7, 11) is 0. The van der Waals surface area contributed by atoms with E-state index in [2.05, 4.69) is 34.8 Å². The third-order valence-electron chi connectivity index (χ3n) is 2.05. The Bertz CT molecular complexity index is 488. The number of nitrogens with zero attached hydrogens (tertiary/aromatic N) is 1. The first kappa shape index (κ1) is 8.88. The fourth-order valence-corrected chi connectivity index (χ4v) is 3.16. The molecular formula is C11H7NOS2. The molecule has 3 heterocycles. The topological polar surface area (TPSA) is 26.0 Å². The lowest BCUT2D eigenvalue weighted by molar-refractivity contribution is 0.433. The van der Waals surface area contributed by atoms with Gasteiger partial charge >= 0.3 is 0 Å². The number of aromatic nitrogens is 1. The molecule has 0 amide bonds. The highest BCUT2D eigenvalue weighted by Crippen LogP contribution is 2.36. The van der Waals surface area contributed by atoms with Crippen LogP contribution < -0.4 is 0 Å². The van der Waals surface area contributed by atoms with Crippen molar-refractivity contribution in [1.82, 2.24) is 5.16 Å². The molecule has 0 radical (unpaired) electrons. The largest absolute Gasteiger partial charge is 0.355 e. The Morgan fingerprint density at radius 3 is 2.67 bits per heavy atom. The van der Waals surface area contributed by atoms with E-state index in [0.717, 1.165) is 10.6 Å². The summed E-state index contributed by atoms with van der Waals surface area (Å²) in [6.07, 6.45) is 1.67. The van der Waals surface area contributed by atoms with Gasteiger partial charge in [0, 0.05) is 15.8 Å². The molecule has 0 aliphatic heterocycles. The summed E-state index contributed by atoms with van der Waals surface area (Å²) in [5.74, 6) is 0.836. The molecule has 0 aliphatic carbocycles. The van der Waals surface area contributed by atoms with E-state index in [0.29, 0.717) is 0 Å². The molecule has 0 spiro atoms. The molecule has 0 N–H and O–H groups in total. The maximum Gasteiger partial charge on any atom is 0.176 e. The predicted octanol–water partition coefficient (Wildman–Crippen LogP) is 4.13. The Hall–Kier alpha value is -1.39. The molecule has 4 heteroatoms. The molecule has 3 aromatic rings. The smallest absolute Gasteiger partial charge is 0.176 e. The van der Waals surface area contributed by atoms with Crippen LogP contribution in [0.1, 0.15) is 0 Å². The molecule has 74 valence electrons. The second kappa shape index (κ2) is 3.64. The Kier molecular flexibility index (Phi) is 2.16. The third-order valence-corrected chi connectivity index (χ3v) is 4.22. The number of hydrogen-bond acceptors (Lipinski definition) is 4. The average molecular weight is 233 g/mol. The molecule has 0 unspecified atom stereocenters. The lowest BCUT2D eigenvalue weighted by Gasteiger charge is -1.88. The number of hydrogen-bond donors (Lipinski definition) is 0. The van der Waals surface area contributed by atoms with Gasteiger partial charge in [0.1, 0.15) is 0 Å². The second-order valence-electron chi connectivity index (χ2n) is 3.02. The first-order valence-electron chi connectivity index (χ1n) is 4.48.